The number of likely N-dealkylation sites (tertiary alicyclic amines) is 1. The zero-order valence-electron chi connectivity index (χ0n) is 9.29. The van der Waals surface area contributed by atoms with Crippen LogP contribution in [0.25, 0.3) is 0 Å². The average molecular weight is 255 g/mol. The maximum atomic E-state index is 12.0. The largest absolute Gasteiger partial charge is 0.347 e. The summed E-state index contributed by atoms with van der Waals surface area (Å²) in [5, 5.41) is 3.68. The molecule has 2 saturated heterocycles. The molecule has 0 radical (unpaired) electrons. The standard InChI is InChI=1S/C10H13N3O3S/c14-9(8-7-11-12-17-8)13-3-1-10(2-4-13)15-5-6-16-10/h7H,1-6H2. The number of piperidine rings is 1. The van der Waals surface area contributed by atoms with E-state index in [4.69, 9.17) is 9.47 Å². The number of hydrogen-bond acceptors (Lipinski definition) is 6. The van der Waals surface area contributed by atoms with Crippen LogP contribution in [0, 0.1) is 0 Å². The maximum absolute atomic E-state index is 12.0. The van der Waals surface area contributed by atoms with Gasteiger partial charge >= 0.3 is 0 Å². The number of aromatic nitrogens is 2. The fourth-order valence-corrected chi connectivity index (χ4v) is 2.74. The van der Waals surface area contributed by atoms with Gasteiger partial charge in [-0.3, -0.25) is 4.79 Å². The summed E-state index contributed by atoms with van der Waals surface area (Å²) < 4.78 is 14.9. The Hall–Kier alpha value is -1.05. The van der Waals surface area contributed by atoms with E-state index in [9.17, 15) is 4.79 Å². The summed E-state index contributed by atoms with van der Waals surface area (Å²) in [5.74, 6) is -0.421. The van der Waals surface area contributed by atoms with E-state index in [1.165, 1.54) is 6.20 Å². The van der Waals surface area contributed by atoms with Crippen molar-refractivity contribution in [1.82, 2.24) is 14.5 Å². The van der Waals surface area contributed by atoms with Crippen molar-refractivity contribution in [2.75, 3.05) is 26.3 Å². The number of amides is 1. The van der Waals surface area contributed by atoms with Gasteiger partial charge in [0, 0.05) is 25.9 Å². The molecule has 0 saturated carbocycles. The highest BCUT2D eigenvalue weighted by Crippen LogP contribution is 2.31. The van der Waals surface area contributed by atoms with Crippen LogP contribution < -0.4 is 0 Å². The van der Waals surface area contributed by atoms with Crippen LogP contribution in [-0.2, 0) is 9.47 Å². The fourth-order valence-electron chi connectivity index (χ4n) is 2.25. The molecule has 0 N–H and O–H groups in total. The monoisotopic (exact) mass is 255 g/mol. The molecule has 1 amide bonds. The first-order valence-electron chi connectivity index (χ1n) is 5.64. The molecule has 0 bridgehead atoms. The van der Waals surface area contributed by atoms with Gasteiger partial charge in [0.15, 0.2) is 5.79 Å². The Labute approximate surface area is 103 Å². The number of carbonyl (C=O) groups excluding carboxylic acids is 1. The van der Waals surface area contributed by atoms with Crippen LogP contribution in [0.4, 0.5) is 0 Å². The lowest BCUT2D eigenvalue weighted by atomic mass is 10.0. The number of carbonyl (C=O) groups is 1. The Bertz CT molecular complexity index is 393. The molecule has 3 heterocycles. The molecule has 2 aliphatic heterocycles. The van der Waals surface area contributed by atoms with Crippen molar-refractivity contribution in [1.29, 1.82) is 0 Å². The van der Waals surface area contributed by atoms with E-state index in [2.05, 4.69) is 9.59 Å². The third-order valence-corrected chi connectivity index (χ3v) is 3.85. The predicted molar refractivity (Wildman–Crippen MR) is 59.7 cm³/mol. The lowest BCUT2D eigenvalue weighted by molar-refractivity contribution is -0.181. The van der Waals surface area contributed by atoms with E-state index in [1.54, 1.807) is 0 Å². The van der Waals surface area contributed by atoms with Crippen molar-refractivity contribution < 1.29 is 14.3 Å². The summed E-state index contributed by atoms with van der Waals surface area (Å²) >= 11 is 1.13. The summed E-state index contributed by atoms with van der Waals surface area (Å²) in [7, 11) is 0. The summed E-state index contributed by atoms with van der Waals surface area (Å²) in [5.41, 5.74) is 0. The molecule has 2 fully saturated rings. The Balaban J connectivity index is 1.63. The first-order chi connectivity index (χ1) is 8.29. The van der Waals surface area contributed by atoms with E-state index >= 15 is 0 Å². The van der Waals surface area contributed by atoms with Crippen molar-refractivity contribution >= 4 is 17.4 Å². The first-order valence-corrected chi connectivity index (χ1v) is 6.41. The summed E-state index contributed by atoms with van der Waals surface area (Å²) in [4.78, 5) is 14.4. The molecule has 0 atom stereocenters. The van der Waals surface area contributed by atoms with E-state index in [0.29, 0.717) is 31.2 Å². The second kappa shape index (κ2) is 4.32. The van der Waals surface area contributed by atoms with Gasteiger partial charge in [-0.2, -0.15) is 0 Å². The van der Waals surface area contributed by atoms with Crippen LogP contribution in [0.2, 0.25) is 0 Å². The second-order valence-corrected chi connectivity index (χ2v) is 4.97. The zero-order valence-corrected chi connectivity index (χ0v) is 10.1. The van der Waals surface area contributed by atoms with Gasteiger partial charge in [0.2, 0.25) is 0 Å². The second-order valence-electron chi connectivity index (χ2n) is 4.18. The van der Waals surface area contributed by atoms with Crippen LogP contribution in [-0.4, -0.2) is 52.5 Å². The lowest BCUT2D eigenvalue weighted by Crippen LogP contribution is -2.47. The van der Waals surface area contributed by atoms with Gasteiger partial charge in [-0.1, -0.05) is 4.49 Å². The van der Waals surface area contributed by atoms with Crippen molar-refractivity contribution in [2.45, 2.75) is 18.6 Å². The molecule has 92 valence electrons. The lowest BCUT2D eigenvalue weighted by Gasteiger charge is -2.37. The zero-order chi connectivity index (χ0) is 11.7. The molecule has 3 rings (SSSR count). The minimum absolute atomic E-state index is 0.00727. The molecule has 0 aliphatic carbocycles. The minimum Gasteiger partial charge on any atom is -0.347 e. The van der Waals surface area contributed by atoms with Gasteiger partial charge in [-0.25, -0.2) is 0 Å². The third-order valence-electron chi connectivity index (χ3n) is 3.20. The molecule has 1 spiro atoms. The molecule has 17 heavy (non-hydrogen) atoms. The normalized spacial score (nSPS) is 23.2. The molecule has 1 aromatic heterocycles. The van der Waals surface area contributed by atoms with Crippen LogP contribution in [0.15, 0.2) is 6.20 Å². The number of nitrogens with zero attached hydrogens (tertiary/aromatic N) is 3. The molecular weight excluding hydrogens is 242 g/mol. The van der Waals surface area contributed by atoms with Crippen molar-refractivity contribution in [2.24, 2.45) is 0 Å². The van der Waals surface area contributed by atoms with Gasteiger partial charge in [0.05, 0.1) is 19.4 Å². The maximum Gasteiger partial charge on any atom is 0.267 e. The topological polar surface area (TPSA) is 64.6 Å². The van der Waals surface area contributed by atoms with Gasteiger partial charge < -0.3 is 14.4 Å². The van der Waals surface area contributed by atoms with E-state index in [-0.39, 0.29) is 5.91 Å². The number of hydrogen-bond donors (Lipinski definition) is 0. The summed E-state index contributed by atoms with van der Waals surface area (Å²) in [6.45, 7) is 2.65. The summed E-state index contributed by atoms with van der Waals surface area (Å²) in [6, 6.07) is 0. The molecule has 0 unspecified atom stereocenters. The Morgan fingerprint density at radius 2 is 2.06 bits per heavy atom. The summed E-state index contributed by atoms with van der Waals surface area (Å²) in [6.07, 6.45) is 3.00. The Morgan fingerprint density at radius 1 is 1.35 bits per heavy atom. The highest BCUT2D eigenvalue weighted by molar-refractivity contribution is 7.07. The highest BCUT2D eigenvalue weighted by atomic mass is 32.1. The van der Waals surface area contributed by atoms with Crippen LogP contribution >= 0.6 is 11.5 Å². The number of rotatable bonds is 1. The molecule has 1 aromatic rings. The van der Waals surface area contributed by atoms with Crippen molar-refractivity contribution in [3.8, 4) is 0 Å². The molecule has 2 aliphatic rings. The minimum atomic E-state index is -0.428. The van der Waals surface area contributed by atoms with Crippen LogP contribution in [0.5, 0.6) is 0 Å². The SMILES string of the molecule is O=C(c1cnns1)N1CCC2(CC1)OCCO2. The predicted octanol–water partition coefficient (Wildman–Crippen LogP) is 0.517. The fraction of sp³-hybridized carbons (Fsp3) is 0.700. The highest BCUT2D eigenvalue weighted by Gasteiger charge is 2.41. The van der Waals surface area contributed by atoms with Crippen LogP contribution in [0.1, 0.15) is 22.5 Å². The van der Waals surface area contributed by atoms with Crippen LogP contribution in [0.3, 0.4) is 0 Å². The van der Waals surface area contributed by atoms with Gasteiger partial charge in [0.1, 0.15) is 4.88 Å². The molecular formula is C10H13N3O3S. The van der Waals surface area contributed by atoms with Gasteiger partial charge in [-0.05, 0) is 11.5 Å². The Morgan fingerprint density at radius 3 is 2.65 bits per heavy atom. The van der Waals surface area contributed by atoms with E-state index in [1.807, 2.05) is 4.90 Å². The molecule has 0 aromatic carbocycles. The van der Waals surface area contributed by atoms with Crippen molar-refractivity contribution in [3.63, 3.8) is 0 Å². The smallest absolute Gasteiger partial charge is 0.267 e. The Kier molecular flexibility index (Phi) is 2.81. The van der Waals surface area contributed by atoms with Gasteiger partial charge in [-0.15, -0.1) is 5.10 Å². The first kappa shape index (κ1) is 11.1. The average Bonchev–Trinajstić information content (AvgIpc) is 3.01. The van der Waals surface area contributed by atoms with E-state index in [0.717, 1.165) is 24.4 Å². The molecule has 7 heteroatoms. The van der Waals surface area contributed by atoms with Crippen molar-refractivity contribution in [3.05, 3.63) is 11.1 Å². The third kappa shape index (κ3) is 2.05. The quantitative estimate of drug-likeness (QED) is 0.732. The van der Waals surface area contributed by atoms with E-state index < -0.39 is 5.79 Å². The number of ether oxygens (including phenoxy) is 2. The van der Waals surface area contributed by atoms with Gasteiger partial charge in [0.25, 0.3) is 5.91 Å². The molecule has 6 nitrogen and oxygen atoms in total.